The first-order chi connectivity index (χ1) is 11.0. The normalized spacial score (nSPS) is 31.7. The van der Waals surface area contributed by atoms with Gasteiger partial charge in [0, 0.05) is 10.3 Å². The highest BCUT2D eigenvalue weighted by atomic mass is 32.1. The van der Waals surface area contributed by atoms with Gasteiger partial charge in [-0.3, -0.25) is 19.8 Å². The van der Waals surface area contributed by atoms with Crippen LogP contribution in [-0.2, 0) is 9.59 Å². The van der Waals surface area contributed by atoms with Crippen LogP contribution in [0.1, 0.15) is 33.6 Å². The lowest BCUT2D eigenvalue weighted by molar-refractivity contribution is -0.143. The number of nitrogens with one attached hydrogen (secondary N) is 1. The van der Waals surface area contributed by atoms with Crippen molar-refractivity contribution in [3.8, 4) is 0 Å². The Hall–Kier alpha value is -1.95. The molecule has 2 heterocycles. The van der Waals surface area contributed by atoms with Gasteiger partial charge < -0.3 is 0 Å². The molecule has 6 heteroatoms. The van der Waals surface area contributed by atoms with Crippen molar-refractivity contribution in [2.75, 3.05) is 0 Å². The maximum atomic E-state index is 12.7. The second-order valence-corrected chi connectivity index (χ2v) is 7.71. The van der Waals surface area contributed by atoms with Gasteiger partial charge in [-0.25, -0.2) is 0 Å². The van der Waals surface area contributed by atoms with Crippen LogP contribution in [0.4, 0.5) is 0 Å². The summed E-state index contributed by atoms with van der Waals surface area (Å²) in [6.07, 6.45) is 6.04. The second-order valence-electron chi connectivity index (χ2n) is 6.62. The molecule has 1 aromatic rings. The monoisotopic (exact) mass is 330 g/mol. The molecule has 4 atom stereocenters. The predicted molar refractivity (Wildman–Crippen MR) is 85.4 cm³/mol. The lowest BCUT2D eigenvalue weighted by atomic mass is 9.63. The molecule has 1 aliphatic heterocycles. The lowest BCUT2D eigenvalue weighted by Gasteiger charge is -2.37. The molecule has 1 aromatic heterocycles. The van der Waals surface area contributed by atoms with E-state index in [0.717, 1.165) is 28.3 Å². The van der Waals surface area contributed by atoms with Crippen LogP contribution in [0.25, 0.3) is 0 Å². The quantitative estimate of drug-likeness (QED) is 0.668. The fraction of sp³-hybridized carbons (Fsp3) is 0.471. The number of hydrogen-bond acceptors (Lipinski definition) is 4. The Labute approximate surface area is 138 Å². The Bertz CT molecular complexity index is 719. The average Bonchev–Trinajstić information content (AvgIpc) is 3.02. The van der Waals surface area contributed by atoms with Gasteiger partial charge in [0.25, 0.3) is 17.7 Å². The van der Waals surface area contributed by atoms with Crippen LogP contribution in [0.15, 0.2) is 17.5 Å². The third-order valence-electron chi connectivity index (χ3n) is 5.50. The summed E-state index contributed by atoms with van der Waals surface area (Å²) in [5, 5.41) is 2.74. The van der Waals surface area contributed by atoms with Crippen molar-refractivity contribution in [1.82, 2.24) is 10.4 Å². The smallest absolute Gasteiger partial charge is 0.271 e. The van der Waals surface area contributed by atoms with E-state index in [4.69, 9.17) is 0 Å². The van der Waals surface area contributed by atoms with Crippen LogP contribution in [0, 0.1) is 37.5 Å². The van der Waals surface area contributed by atoms with E-state index in [1.165, 1.54) is 11.3 Å². The number of amides is 3. The van der Waals surface area contributed by atoms with Crippen LogP contribution in [0.2, 0.25) is 0 Å². The van der Waals surface area contributed by atoms with E-state index in [-0.39, 0.29) is 41.4 Å². The lowest BCUT2D eigenvalue weighted by Crippen LogP contribution is -2.46. The minimum atomic E-state index is -0.382. The Kier molecular flexibility index (Phi) is 3.20. The highest BCUT2D eigenvalue weighted by molar-refractivity contribution is 7.10. The molecule has 4 aliphatic rings. The molecule has 0 radical (unpaired) electrons. The van der Waals surface area contributed by atoms with Gasteiger partial charge in [-0.15, -0.1) is 11.3 Å². The van der Waals surface area contributed by atoms with Crippen molar-refractivity contribution in [2.45, 2.75) is 26.7 Å². The molecule has 3 amide bonds. The zero-order valence-electron chi connectivity index (χ0n) is 13.0. The first-order valence-electron chi connectivity index (χ1n) is 7.91. The SMILES string of the molecule is Cc1scc(C(=O)NN2C(=O)C3C4C=CC(CC4)C3C2=O)c1C. The summed E-state index contributed by atoms with van der Waals surface area (Å²) in [5.41, 5.74) is 3.97. The van der Waals surface area contributed by atoms with Crippen molar-refractivity contribution >= 4 is 29.1 Å². The van der Waals surface area contributed by atoms with Crippen molar-refractivity contribution < 1.29 is 14.4 Å². The van der Waals surface area contributed by atoms with Gasteiger partial charge in [0.15, 0.2) is 0 Å². The average molecular weight is 330 g/mol. The molecule has 23 heavy (non-hydrogen) atoms. The van der Waals surface area contributed by atoms with E-state index in [9.17, 15) is 14.4 Å². The van der Waals surface area contributed by atoms with Crippen LogP contribution in [-0.4, -0.2) is 22.7 Å². The number of allylic oxidation sites excluding steroid dienone is 2. The van der Waals surface area contributed by atoms with Gasteiger partial charge in [0.1, 0.15) is 0 Å². The Morgan fingerprint density at radius 3 is 2.13 bits per heavy atom. The fourth-order valence-electron chi connectivity index (χ4n) is 4.08. The van der Waals surface area contributed by atoms with E-state index in [0.29, 0.717) is 5.56 Å². The van der Waals surface area contributed by atoms with Crippen molar-refractivity contribution in [3.05, 3.63) is 33.5 Å². The first-order valence-corrected chi connectivity index (χ1v) is 8.79. The minimum Gasteiger partial charge on any atom is -0.272 e. The predicted octanol–water partition coefficient (Wildman–Crippen LogP) is 2.21. The van der Waals surface area contributed by atoms with Crippen molar-refractivity contribution in [2.24, 2.45) is 23.7 Å². The van der Waals surface area contributed by atoms with Gasteiger partial charge in [0.2, 0.25) is 0 Å². The number of fused-ring (bicyclic) bond motifs is 1. The summed E-state index contributed by atoms with van der Waals surface area (Å²) in [7, 11) is 0. The van der Waals surface area contributed by atoms with Crippen molar-refractivity contribution in [3.63, 3.8) is 0 Å². The molecule has 5 rings (SSSR count). The molecule has 3 aliphatic carbocycles. The number of rotatable bonds is 2. The van der Waals surface area contributed by atoms with Crippen LogP contribution in [0.3, 0.4) is 0 Å². The summed E-state index contributed by atoms with van der Waals surface area (Å²) >= 11 is 1.49. The summed E-state index contributed by atoms with van der Waals surface area (Å²) < 4.78 is 0. The van der Waals surface area contributed by atoms with E-state index in [1.807, 2.05) is 13.8 Å². The fourth-order valence-corrected chi connectivity index (χ4v) is 4.95. The molecule has 0 spiro atoms. The van der Waals surface area contributed by atoms with Gasteiger partial charge in [0.05, 0.1) is 17.4 Å². The van der Waals surface area contributed by atoms with Gasteiger partial charge in [-0.2, -0.15) is 5.01 Å². The van der Waals surface area contributed by atoms with Crippen LogP contribution in [0.5, 0.6) is 0 Å². The first kappa shape index (κ1) is 14.6. The van der Waals surface area contributed by atoms with Gasteiger partial charge in [-0.05, 0) is 44.1 Å². The summed E-state index contributed by atoms with van der Waals surface area (Å²) in [6, 6.07) is 0. The maximum Gasteiger partial charge on any atom is 0.271 e. The molecule has 1 N–H and O–H groups in total. The number of thiophene rings is 1. The molecule has 1 saturated carbocycles. The highest BCUT2D eigenvalue weighted by Gasteiger charge is 2.57. The van der Waals surface area contributed by atoms with Crippen LogP contribution < -0.4 is 5.43 Å². The molecule has 4 unspecified atom stereocenters. The summed E-state index contributed by atoms with van der Waals surface area (Å²) in [5.74, 6) is -1.21. The topological polar surface area (TPSA) is 66.5 Å². The maximum absolute atomic E-state index is 12.7. The van der Waals surface area contributed by atoms with Gasteiger partial charge in [-0.1, -0.05) is 12.2 Å². The van der Waals surface area contributed by atoms with Gasteiger partial charge >= 0.3 is 0 Å². The zero-order valence-corrected chi connectivity index (χ0v) is 13.9. The van der Waals surface area contributed by atoms with E-state index < -0.39 is 0 Å². The molecular formula is C17H18N2O3S. The summed E-state index contributed by atoms with van der Waals surface area (Å²) in [6.45, 7) is 3.82. The highest BCUT2D eigenvalue weighted by Crippen LogP contribution is 2.49. The number of hydrogen-bond donors (Lipinski definition) is 1. The van der Waals surface area contributed by atoms with E-state index in [2.05, 4.69) is 17.6 Å². The number of imide groups is 1. The second kappa shape index (κ2) is 5.03. The Morgan fingerprint density at radius 1 is 1.13 bits per heavy atom. The number of carbonyl (C=O) groups is 3. The number of aryl methyl sites for hydroxylation is 1. The summed E-state index contributed by atoms with van der Waals surface area (Å²) in [4.78, 5) is 38.8. The molecule has 1 saturated heterocycles. The third-order valence-corrected chi connectivity index (χ3v) is 6.52. The molecule has 2 bridgehead atoms. The number of hydrazine groups is 1. The number of nitrogens with zero attached hydrogens (tertiary/aromatic N) is 1. The molecule has 5 nitrogen and oxygen atoms in total. The van der Waals surface area contributed by atoms with Crippen molar-refractivity contribution in [1.29, 1.82) is 0 Å². The minimum absolute atomic E-state index is 0.133. The largest absolute Gasteiger partial charge is 0.272 e. The third kappa shape index (κ3) is 2.01. The Morgan fingerprint density at radius 2 is 1.70 bits per heavy atom. The molecular weight excluding hydrogens is 312 g/mol. The van der Waals surface area contributed by atoms with E-state index in [1.54, 1.807) is 5.38 Å². The molecule has 0 aromatic carbocycles. The molecule has 2 fully saturated rings. The standard InChI is InChI=1S/C17H18N2O3S/c1-8-9(2)23-7-12(8)15(20)18-19-16(21)13-10-3-4-11(6-5-10)14(13)17(19)22/h3-4,7,10-11,13-14H,5-6H2,1-2H3,(H,18,20). The van der Waals surface area contributed by atoms with E-state index >= 15 is 0 Å². The Balaban J connectivity index is 1.59. The van der Waals surface area contributed by atoms with Crippen LogP contribution >= 0.6 is 11.3 Å². The molecule has 120 valence electrons. The number of carbonyl (C=O) groups excluding carboxylic acids is 3. The zero-order chi connectivity index (χ0) is 16.3.